The summed E-state index contributed by atoms with van der Waals surface area (Å²) in [6.07, 6.45) is -3.68. The number of quaternary nitrogens is 2. The van der Waals surface area contributed by atoms with Crippen LogP contribution < -0.4 is 26.3 Å². The van der Waals surface area contributed by atoms with Crippen LogP contribution >= 0.6 is 0 Å². The molecule has 0 saturated heterocycles. The van der Waals surface area contributed by atoms with Crippen molar-refractivity contribution < 1.29 is 66.5 Å². The number of hydrogen-bond acceptors (Lipinski definition) is 8. The Kier molecular flexibility index (Phi) is 16.5. The maximum atomic E-state index is 13.2. The average molecular weight is 706 g/mol. The second kappa shape index (κ2) is 19.0. The Morgan fingerprint density at radius 2 is 1.45 bits per heavy atom. The third-order valence-electron chi connectivity index (χ3n) is 6.87. The fraction of sp³-hybridized carbons (Fsp3) is 0.469. The van der Waals surface area contributed by atoms with Crippen LogP contribution in [-0.4, -0.2) is 72.5 Å². The topological polar surface area (TPSA) is 175 Å². The van der Waals surface area contributed by atoms with Gasteiger partial charge in [0.1, 0.15) is 23.8 Å². The molecule has 0 bridgehead atoms. The van der Waals surface area contributed by atoms with Crippen LogP contribution in [0.1, 0.15) is 64.9 Å². The molecular weight excluding hydrogens is 664 g/mol. The number of nitrogens with one attached hydrogen (secondary N) is 1. The van der Waals surface area contributed by atoms with E-state index in [1.165, 1.54) is 10.8 Å². The molecule has 2 aromatic carbocycles. The Balaban J connectivity index is 0.000000717. The van der Waals surface area contributed by atoms with E-state index in [0.717, 1.165) is 42.8 Å². The van der Waals surface area contributed by atoms with Gasteiger partial charge in [-0.3, -0.25) is 20.3 Å². The standard InChI is InChI=1S/C28H39N5O2.2C2HF3O2/c1-6-23(34)14-8-7-9-15-24(31-27(35)28(2,3)32-33(4)5)26-29-19-25(30-26)22-17-16-20-12-10-11-13-21(20)18-22;2*3-2(4,5)1(6)7/h10-13,16-19,24,32H,6-9,14-15H2,1-5H3,(H,29,30)(H,31,35);2*(H,6,7)/t24-;;/m0../s1. The molecular formula is C32H41F6N5O6. The highest BCUT2D eigenvalue weighted by molar-refractivity contribution is 5.93. The second-order valence-corrected chi connectivity index (χ2v) is 11.7. The van der Waals surface area contributed by atoms with Gasteiger partial charge in [-0.15, -0.1) is 0 Å². The van der Waals surface area contributed by atoms with E-state index in [-0.39, 0.29) is 11.9 Å². The summed E-state index contributed by atoms with van der Waals surface area (Å²) in [4.78, 5) is 47.1. The number of amidine groups is 1. The zero-order valence-corrected chi connectivity index (χ0v) is 27.7. The first-order chi connectivity index (χ1) is 22.6. The summed E-state index contributed by atoms with van der Waals surface area (Å²) >= 11 is 0. The maximum absolute atomic E-state index is 13.2. The van der Waals surface area contributed by atoms with Crippen molar-refractivity contribution in [2.45, 2.75) is 83.2 Å². The minimum Gasteiger partial charge on any atom is -0.542 e. The third-order valence-corrected chi connectivity index (χ3v) is 6.87. The van der Waals surface area contributed by atoms with Crippen molar-refractivity contribution in [1.29, 1.82) is 0 Å². The molecule has 0 fully saturated rings. The number of amides is 1. The molecule has 49 heavy (non-hydrogen) atoms. The number of carbonyl (C=O) groups is 4. The number of alkyl halides is 6. The summed E-state index contributed by atoms with van der Waals surface area (Å²) in [6.45, 7) is 5.76. The number of carboxylic acids is 2. The van der Waals surface area contributed by atoms with Gasteiger partial charge in [-0.05, 0) is 35.7 Å². The van der Waals surface area contributed by atoms with E-state index in [2.05, 4.69) is 41.0 Å². The van der Waals surface area contributed by atoms with Crippen molar-refractivity contribution in [2.24, 2.45) is 4.99 Å². The number of unbranched alkanes of at least 4 members (excludes halogenated alkanes) is 2. The molecule has 0 aliphatic carbocycles. The van der Waals surface area contributed by atoms with E-state index in [4.69, 9.17) is 24.8 Å². The lowest BCUT2D eigenvalue weighted by molar-refractivity contribution is -0.834. The molecule has 0 saturated carbocycles. The Morgan fingerprint density at radius 3 is 1.96 bits per heavy atom. The molecule has 1 aliphatic heterocycles. The minimum atomic E-state index is -5.19. The Hall–Kier alpha value is -4.35. The Bertz CT molecular complexity index is 1480. The first kappa shape index (κ1) is 42.7. The van der Waals surface area contributed by atoms with Crippen LogP contribution in [0.15, 0.2) is 53.7 Å². The van der Waals surface area contributed by atoms with Crippen molar-refractivity contribution in [3.8, 4) is 0 Å². The van der Waals surface area contributed by atoms with Gasteiger partial charge >= 0.3 is 12.4 Å². The zero-order chi connectivity index (χ0) is 37.6. The largest absolute Gasteiger partial charge is 0.542 e. The Labute approximate surface area is 279 Å². The van der Waals surface area contributed by atoms with Crippen LogP contribution in [-0.2, 0) is 19.2 Å². The van der Waals surface area contributed by atoms with Gasteiger partial charge in [0, 0.05) is 46.3 Å². The SMILES string of the molecule is CCC(=O)CCCCC[C@H](NC(=O)C(C)(C)[NH2+]N(C)C)C1=NC=C(c2ccc3ccccc3c2)[NH2+]1.O=C([O-])C(F)(F)F.O=C([O-])C(F)(F)F. The zero-order valence-electron chi connectivity index (χ0n) is 27.7. The number of rotatable bonds is 13. The number of ketones is 1. The van der Waals surface area contributed by atoms with Crippen LogP contribution in [0, 0.1) is 0 Å². The smallest absolute Gasteiger partial charge is 0.430 e. The highest BCUT2D eigenvalue weighted by atomic mass is 19.4. The molecule has 0 spiro atoms. The van der Waals surface area contributed by atoms with Crippen molar-refractivity contribution in [3.63, 3.8) is 0 Å². The van der Waals surface area contributed by atoms with E-state index in [1.54, 1.807) is 0 Å². The number of benzene rings is 2. The number of carboxylic acid groups (broad SMARTS) is 2. The highest BCUT2D eigenvalue weighted by Gasteiger charge is 2.37. The molecule has 272 valence electrons. The number of nitrogens with zero attached hydrogens (tertiary/aromatic N) is 2. The minimum absolute atomic E-state index is 0.0207. The van der Waals surface area contributed by atoms with Crippen LogP contribution in [0.25, 0.3) is 16.5 Å². The van der Waals surface area contributed by atoms with Gasteiger partial charge in [0.2, 0.25) is 5.84 Å². The summed E-state index contributed by atoms with van der Waals surface area (Å²) in [5.41, 5.74) is 3.46. The predicted octanol–water partition coefficient (Wildman–Crippen LogP) is 0.944. The molecule has 1 aliphatic rings. The molecule has 1 amide bonds. The molecule has 2 aromatic rings. The maximum Gasteiger partial charge on any atom is 0.430 e. The van der Waals surface area contributed by atoms with Crippen LogP contribution in [0.4, 0.5) is 26.3 Å². The number of aliphatic imine (C=N–C) groups is 1. The van der Waals surface area contributed by atoms with E-state index >= 15 is 0 Å². The highest BCUT2D eigenvalue weighted by Crippen LogP contribution is 2.20. The van der Waals surface area contributed by atoms with Gasteiger partial charge in [-0.1, -0.05) is 50.1 Å². The van der Waals surface area contributed by atoms with Crippen molar-refractivity contribution in [2.75, 3.05) is 14.1 Å². The normalized spacial score (nSPS) is 13.7. The number of carbonyl (C=O) groups excluding carboxylic acids is 4. The molecule has 3 rings (SSSR count). The fourth-order valence-corrected chi connectivity index (χ4v) is 4.46. The number of fused-ring (bicyclic) bond motifs is 1. The lowest BCUT2D eigenvalue weighted by atomic mass is 10.0. The number of nitrogens with two attached hydrogens (primary N) is 2. The number of hydrogen-bond donors (Lipinski definition) is 3. The van der Waals surface area contributed by atoms with E-state index in [9.17, 15) is 35.9 Å². The summed E-state index contributed by atoms with van der Waals surface area (Å²) in [7, 11) is 3.86. The third kappa shape index (κ3) is 15.6. The van der Waals surface area contributed by atoms with Gasteiger partial charge in [0.05, 0.1) is 6.20 Å². The molecule has 1 heterocycles. The molecule has 0 aromatic heterocycles. The second-order valence-electron chi connectivity index (χ2n) is 11.7. The Morgan fingerprint density at radius 1 is 0.898 bits per heavy atom. The monoisotopic (exact) mass is 705 g/mol. The van der Waals surface area contributed by atoms with Crippen molar-refractivity contribution >= 4 is 45.9 Å². The lowest BCUT2D eigenvalue weighted by Crippen LogP contribution is -3.03. The van der Waals surface area contributed by atoms with Crippen LogP contribution in [0.2, 0.25) is 0 Å². The first-order valence-electron chi connectivity index (χ1n) is 15.1. The van der Waals surface area contributed by atoms with E-state index in [1.807, 2.05) is 63.6 Å². The van der Waals surface area contributed by atoms with Crippen molar-refractivity contribution in [1.82, 2.24) is 10.3 Å². The molecule has 11 nitrogen and oxygen atoms in total. The first-order valence-corrected chi connectivity index (χ1v) is 15.1. The van der Waals surface area contributed by atoms with Gasteiger partial charge in [0.25, 0.3) is 5.91 Å². The number of halogens is 6. The van der Waals surface area contributed by atoms with Crippen molar-refractivity contribution in [3.05, 3.63) is 54.2 Å². The number of aliphatic carboxylic acids is 2. The lowest BCUT2D eigenvalue weighted by Gasteiger charge is -2.27. The quantitative estimate of drug-likeness (QED) is 0.120. The van der Waals surface area contributed by atoms with Crippen LogP contribution in [0.5, 0.6) is 0 Å². The fourth-order valence-electron chi connectivity index (χ4n) is 4.46. The molecule has 5 N–H and O–H groups in total. The summed E-state index contributed by atoms with van der Waals surface area (Å²) in [5, 5.41) is 27.2. The summed E-state index contributed by atoms with van der Waals surface area (Å²) in [5.74, 6) is -4.84. The summed E-state index contributed by atoms with van der Waals surface area (Å²) < 4.78 is 63.1. The summed E-state index contributed by atoms with van der Waals surface area (Å²) in [6, 6.07) is 14.6. The van der Waals surface area contributed by atoms with Gasteiger partial charge in [0.15, 0.2) is 11.2 Å². The molecule has 0 radical (unpaired) electrons. The molecule has 1 atom stereocenters. The van der Waals surface area contributed by atoms with Gasteiger partial charge in [-0.2, -0.15) is 31.4 Å². The van der Waals surface area contributed by atoms with Gasteiger partial charge < -0.3 is 25.1 Å². The predicted molar refractivity (Wildman–Crippen MR) is 163 cm³/mol. The van der Waals surface area contributed by atoms with E-state index < -0.39 is 29.8 Å². The van der Waals surface area contributed by atoms with Gasteiger partial charge in [-0.25, -0.2) is 4.99 Å². The molecule has 17 heteroatoms. The van der Waals surface area contributed by atoms with Crippen LogP contribution in [0.3, 0.4) is 0 Å². The average Bonchev–Trinajstić information content (AvgIpc) is 3.49. The number of Topliss-reactive ketones (excluding diaryl/α,β-unsaturated/α-hetero) is 1. The molecule has 0 unspecified atom stereocenters. The van der Waals surface area contributed by atoms with E-state index in [0.29, 0.717) is 18.6 Å².